The van der Waals surface area contributed by atoms with Gasteiger partial charge in [0.15, 0.2) is 0 Å². The van der Waals surface area contributed by atoms with Crippen LogP contribution in [0.4, 0.5) is 14.5 Å². The lowest BCUT2D eigenvalue weighted by Crippen LogP contribution is -2.36. The van der Waals surface area contributed by atoms with Crippen LogP contribution < -0.4 is 11.1 Å². The van der Waals surface area contributed by atoms with Gasteiger partial charge in [0.05, 0.1) is 11.7 Å². The van der Waals surface area contributed by atoms with Gasteiger partial charge in [0.1, 0.15) is 11.6 Å². The number of anilines is 1. The van der Waals surface area contributed by atoms with Gasteiger partial charge in [-0.15, -0.1) is 0 Å². The summed E-state index contributed by atoms with van der Waals surface area (Å²) in [7, 11) is 0. The minimum atomic E-state index is -0.784. The number of carbonyl (C=O) groups is 1. The van der Waals surface area contributed by atoms with Crippen molar-refractivity contribution in [2.45, 2.75) is 18.9 Å². The Labute approximate surface area is 121 Å². The first-order valence-corrected chi connectivity index (χ1v) is 6.61. The smallest absolute Gasteiger partial charge is 0.241 e. The minimum absolute atomic E-state index is 0.199. The van der Waals surface area contributed by atoms with Crippen molar-refractivity contribution < 1.29 is 13.6 Å². The topological polar surface area (TPSA) is 55.1 Å². The van der Waals surface area contributed by atoms with E-state index in [0.29, 0.717) is 12.8 Å². The SMILES string of the molecule is NC(CCc1ccccc1)C(=O)Nc1cc(F)ccc1F. The fraction of sp³-hybridized carbons (Fsp3) is 0.188. The normalized spacial score (nSPS) is 12.0. The first kappa shape index (κ1) is 15.1. The third kappa shape index (κ3) is 4.36. The number of amides is 1. The highest BCUT2D eigenvalue weighted by Crippen LogP contribution is 2.15. The van der Waals surface area contributed by atoms with Crippen LogP contribution in [0.1, 0.15) is 12.0 Å². The molecule has 110 valence electrons. The number of nitrogens with two attached hydrogens (primary N) is 1. The number of nitrogens with one attached hydrogen (secondary N) is 1. The largest absolute Gasteiger partial charge is 0.322 e. The molecular weight excluding hydrogens is 274 g/mol. The highest BCUT2D eigenvalue weighted by molar-refractivity contribution is 5.94. The maximum atomic E-state index is 13.4. The second-order valence-corrected chi connectivity index (χ2v) is 4.74. The molecule has 21 heavy (non-hydrogen) atoms. The molecular formula is C16H16F2N2O. The van der Waals surface area contributed by atoms with E-state index in [1.807, 2.05) is 30.3 Å². The van der Waals surface area contributed by atoms with Crippen LogP contribution in [0.25, 0.3) is 0 Å². The van der Waals surface area contributed by atoms with Crippen LogP contribution in [0.15, 0.2) is 48.5 Å². The number of aryl methyl sites for hydroxylation is 1. The fourth-order valence-electron chi connectivity index (χ4n) is 1.92. The molecule has 0 fully saturated rings. The van der Waals surface area contributed by atoms with E-state index >= 15 is 0 Å². The molecule has 1 amide bonds. The van der Waals surface area contributed by atoms with Crippen LogP contribution in [-0.2, 0) is 11.2 Å². The predicted octanol–water partition coefficient (Wildman–Crippen LogP) is 2.86. The third-order valence-electron chi connectivity index (χ3n) is 3.11. The standard InChI is InChI=1S/C16H16F2N2O/c17-12-7-8-13(18)15(10-12)20-16(21)14(19)9-6-11-4-2-1-3-5-11/h1-5,7-8,10,14H,6,9,19H2,(H,20,21). The van der Waals surface area contributed by atoms with Gasteiger partial charge in [-0.25, -0.2) is 8.78 Å². The summed E-state index contributed by atoms with van der Waals surface area (Å²) >= 11 is 0. The number of hydrogen-bond donors (Lipinski definition) is 2. The van der Waals surface area contributed by atoms with Crippen molar-refractivity contribution in [3.63, 3.8) is 0 Å². The lowest BCUT2D eigenvalue weighted by atomic mass is 10.1. The maximum absolute atomic E-state index is 13.4. The second kappa shape index (κ2) is 6.95. The summed E-state index contributed by atoms with van der Waals surface area (Å²) in [6, 6.07) is 11.7. The Morgan fingerprint density at radius 2 is 1.86 bits per heavy atom. The van der Waals surface area contributed by atoms with E-state index in [1.54, 1.807) is 0 Å². The molecule has 0 saturated heterocycles. The molecule has 3 nitrogen and oxygen atoms in total. The van der Waals surface area contributed by atoms with Crippen LogP contribution in [0.5, 0.6) is 0 Å². The van der Waals surface area contributed by atoms with Gasteiger partial charge in [-0.2, -0.15) is 0 Å². The molecule has 2 rings (SSSR count). The van der Waals surface area contributed by atoms with Gasteiger partial charge in [0.2, 0.25) is 5.91 Å². The summed E-state index contributed by atoms with van der Waals surface area (Å²) in [5, 5.41) is 2.31. The number of carbonyl (C=O) groups excluding carboxylic acids is 1. The Morgan fingerprint density at radius 1 is 1.14 bits per heavy atom. The highest BCUT2D eigenvalue weighted by Gasteiger charge is 2.15. The zero-order chi connectivity index (χ0) is 15.2. The molecule has 3 N–H and O–H groups in total. The van der Waals surface area contributed by atoms with Crippen molar-refractivity contribution in [2.24, 2.45) is 5.73 Å². The number of halogens is 2. The quantitative estimate of drug-likeness (QED) is 0.889. The Hall–Kier alpha value is -2.27. The minimum Gasteiger partial charge on any atom is -0.322 e. The Morgan fingerprint density at radius 3 is 2.57 bits per heavy atom. The summed E-state index contributed by atoms with van der Waals surface area (Å²) in [4.78, 5) is 11.9. The number of hydrogen-bond acceptors (Lipinski definition) is 2. The van der Waals surface area contributed by atoms with Crippen LogP contribution in [0.3, 0.4) is 0 Å². The molecule has 0 spiro atoms. The third-order valence-corrected chi connectivity index (χ3v) is 3.11. The van der Waals surface area contributed by atoms with E-state index < -0.39 is 23.6 Å². The molecule has 0 aliphatic carbocycles. The monoisotopic (exact) mass is 290 g/mol. The van der Waals surface area contributed by atoms with Crippen molar-refractivity contribution >= 4 is 11.6 Å². The highest BCUT2D eigenvalue weighted by atomic mass is 19.1. The number of rotatable bonds is 5. The molecule has 5 heteroatoms. The van der Waals surface area contributed by atoms with Crippen molar-refractivity contribution in [3.8, 4) is 0 Å². The van der Waals surface area contributed by atoms with Crippen LogP contribution in [-0.4, -0.2) is 11.9 Å². The molecule has 2 aromatic carbocycles. The van der Waals surface area contributed by atoms with Crippen molar-refractivity contribution in [2.75, 3.05) is 5.32 Å². The average Bonchev–Trinajstić information content (AvgIpc) is 2.49. The predicted molar refractivity (Wildman–Crippen MR) is 77.7 cm³/mol. The van der Waals surface area contributed by atoms with Crippen LogP contribution in [0, 0.1) is 11.6 Å². The van der Waals surface area contributed by atoms with Crippen molar-refractivity contribution in [3.05, 3.63) is 65.7 Å². The molecule has 0 aromatic heterocycles. The lowest BCUT2D eigenvalue weighted by Gasteiger charge is -2.13. The van der Waals surface area contributed by atoms with Gasteiger partial charge in [-0.05, 0) is 30.5 Å². The van der Waals surface area contributed by atoms with E-state index in [-0.39, 0.29) is 5.69 Å². The molecule has 2 aromatic rings. The molecule has 1 unspecified atom stereocenters. The second-order valence-electron chi connectivity index (χ2n) is 4.74. The lowest BCUT2D eigenvalue weighted by molar-refractivity contribution is -0.117. The van der Waals surface area contributed by atoms with E-state index in [1.165, 1.54) is 0 Å². The molecule has 1 atom stereocenters. The zero-order valence-corrected chi connectivity index (χ0v) is 11.4. The van der Waals surface area contributed by atoms with Gasteiger partial charge in [-0.1, -0.05) is 30.3 Å². The first-order valence-electron chi connectivity index (χ1n) is 6.61. The van der Waals surface area contributed by atoms with E-state index in [9.17, 15) is 13.6 Å². The Balaban J connectivity index is 1.92. The van der Waals surface area contributed by atoms with Crippen molar-refractivity contribution in [1.29, 1.82) is 0 Å². The van der Waals surface area contributed by atoms with Crippen LogP contribution in [0.2, 0.25) is 0 Å². The summed E-state index contributed by atoms with van der Waals surface area (Å²) in [6.45, 7) is 0. The van der Waals surface area contributed by atoms with Gasteiger partial charge in [0.25, 0.3) is 0 Å². The molecule has 0 radical (unpaired) electrons. The maximum Gasteiger partial charge on any atom is 0.241 e. The molecule has 0 saturated carbocycles. The number of benzene rings is 2. The summed E-state index contributed by atoms with van der Waals surface area (Å²) in [6.07, 6.45) is 1.06. The molecule has 0 aliphatic heterocycles. The van der Waals surface area contributed by atoms with E-state index in [2.05, 4.69) is 5.32 Å². The van der Waals surface area contributed by atoms with Gasteiger partial charge in [0, 0.05) is 6.07 Å². The average molecular weight is 290 g/mol. The van der Waals surface area contributed by atoms with Crippen molar-refractivity contribution in [1.82, 2.24) is 0 Å². The first-order chi connectivity index (χ1) is 10.1. The molecule has 0 bridgehead atoms. The van der Waals surface area contributed by atoms with E-state index in [4.69, 9.17) is 5.73 Å². The molecule has 0 aliphatic rings. The van der Waals surface area contributed by atoms with Gasteiger partial charge < -0.3 is 11.1 Å². The van der Waals surface area contributed by atoms with E-state index in [0.717, 1.165) is 23.8 Å². The molecule has 0 heterocycles. The summed E-state index contributed by atoms with van der Waals surface area (Å²) < 4.78 is 26.4. The summed E-state index contributed by atoms with van der Waals surface area (Å²) in [5.41, 5.74) is 6.64. The van der Waals surface area contributed by atoms with Crippen LogP contribution >= 0.6 is 0 Å². The fourth-order valence-corrected chi connectivity index (χ4v) is 1.92. The Kier molecular flexibility index (Phi) is 5.00. The van der Waals surface area contributed by atoms with Gasteiger partial charge in [-0.3, -0.25) is 4.79 Å². The zero-order valence-electron chi connectivity index (χ0n) is 11.4. The summed E-state index contributed by atoms with van der Waals surface area (Å²) in [5.74, 6) is -1.85. The Bertz CT molecular complexity index is 617. The van der Waals surface area contributed by atoms with Gasteiger partial charge >= 0.3 is 0 Å².